The first-order valence-corrected chi connectivity index (χ1v) is 5.40. The average Bonchev–Trinajstić information content (AvgIpc) is 2.81. The number of benzene rings is 1. The number of hydrogen-bond acceptors (Lipinski definition) is 3. The topological polar surface area (TPSA) is 35.5 Å². The third-order valence-electron chi connectivity index (χ3n) is 2.35. The van der Waals surface area contributed by atoms with Crippen LogP contribution in [-0.2, 0) is 14.3 Å². The van der Waals surface area contributed by atoms with Gasteiger partial charge in [0.15, 0.2) is 0 Å². The second-order valence-electron chi connectivity index (χ2n) is 3.62. The molecule has 1 atom stereocenters. The highest BCUT2D eigenvalue weighted by Crippen LogP contribution is 2.13. The number of rotatable bonds is 3. The number of carbonyl (C=O) groups is 1. The molecule has 1 fully saturated rings. The van der Waals surface area contributed by atoms with Crippen LogP contribution in [0.4, 0.5) is 0 Å². The smallest absolute Gasteiger partial charge is 0.333 e. The van der Waals surface area contributed by atoms with Crippen molar-refractivity contribution in [2.45, 2.75) is 19.1 Å². The van der Waals surface area contributed by atoms with Crippen LogP contribution in [0, 0.1) is 0 Å². The van der Waals surface area contributed by atoms with E-state index in [2.05, 4.69) is 0 Å². The quantitative estimate of drug-likeness (QED) is 0.577. The summed E-state index contributed by atoms with van der Waals surface area (Å²) in [6, 6.07) is 9.63. The highest BCUT2D eigenvalue weighted by Gasteiger charge is 2.18. The van der Waals surface area contributed by atoms with E-state index in [4.69, 9.17) is 9.47 Å². The number of esters is 1. The number of carbonyl (C=O) groups excluding carboxylic acids is 1. The summed E-state index contributed by atoms with van der Waals surface area (Å²) in [5.74, 6) is -0.351. The lowest BCUT2D eigenvalue weighted by Gasteiger charge is -2.08. The van der Waals surface area contributed by atoms with Gasteiger partial charge in [-0.3, -0.25) is 0 Å². The molecular weight excluding hydrogens is 204 g/mol. The molecule has 16 heavy (non-hydrogen) atoms. The molecule has 3 heteroatoms. The third-order valence-corrected chi connectivity index (χ3v) is 2.35. The Morgan fingerprint density at radius 1 is 1.38 bits per heavy atom. The maximum Gasteiger partial charge on any atom is 0.333 e. The van der Waals surface area contributed by atoms with Crippen molar-refractivity contribution >= 4 is 12.0 Å². The van der Waals surface area contributed by atoms with Crippen molar-refractivity contribution in [3.8, 4) is 0 Å². The summed E-state index contributed by atoms with van der Waals surface area (Å²) >= 11 is 0. The molecule has 0 spiro atoms. The zero-order valence-corrected chi connectivity index (χ0v) is 8.96. The largest absolute Gasteiger partial charge is 0.433 e. The molecular formula is C13H14O3. The molecule has 1 aromatic rings. The first kappa shape index (κ1) is 10.9. The van der Waals surface area contributed by atoms with Crippen molar-refractivity contribution in [3.05, 3.63) is 42.0 Å². The minimum Gasteiger partial charge on any atom is -0.433 e. The number of hydrogen-bond donors (Lipinski definition) is 0. The molecule has 1 aromatic carbocycles. The summed E-state index contributed by atoms with van der Waals surface area (Å²) in [6.07, 6.45) is 4.56. The molecule has 84 valence electrons. The normalized spacial score (nSPS) is 20.1. The van der Waals surface area contributed by atoms with Gasteiger partial charge in [-0.2, -0.15) is 0 Å². The predicted molar refractivity (Wildman–Crippen MR) is 60.5 cm³/mol. The van der Waals surface area contributed by atoms with Gasteiger partial charge in [0.25, 0.3) is 0 Å². The van der Waals surface area contributed by atoms with E-state index in [1.807, 2.05) is 30.3 Å². The van der Waals surface area contributed by atoms with Crippen LogP contribution in [-0.4, -0.2) is 18.9 Å². The average molecular weight is 218 g/mol. The number of ether oxygens (including phenoxy) is 2. The fraction of sp³-hybridized carbons (Fsp3) is 0.308. The van der Waals surface area contributed by atoms with Crippen molar-refractivity contribution < 1.29 is 14.3 Å². The summed E-state index contributed by atoms with van der Waals surface area (Å²) in [4.78, 5) is 11.4. The lowest BCUT2D eigenvalue weighted by Crippen LogP contribution is -2.14. The van der Waals surface area contributed by atoms with Crippen molar-refractivity contribution in [3.63, 3.8) is 0 Å². The van der Waals surface area contributed by atoms with Gasteiger partial charge < -0.3 is 9.47 Å². The molecule has 3 nitrogen and oxygen atoms in total. The van der Waals surface area contributed by atoms with Gasteiger partial charge in [-0.25, -0.2) is 4.79 Å². The van der Waals surface area contributed by atoms with Crippen LogP contribution in [0.25, 0.3) is 6.08 Å². The molecule has 1 unspecified atom stereocenters. The Kier molecular flexibility index (Phi) is 3.72. The van der Waals surface area contributed by atoms with E-state index < -0.39 is 0 Å². The van der Waals surface area contributed by atoms with Gasteiger partial charge >= 0.3 is 5.97 Å². The van der Waals surface area contributed by atoms with Crippen LogP contribution in [0.15, 0.2) is 36.4 Å². The Labute approximate surface area is 94.7 Å². The van der Waals surface area contributed by atoms with E-state index in [1.165, 1.54) is 6.08 Å². The SMILES string of the molecule is O=C(C=Cc1ccccc1)OC1CCCO1. The standard InChI is InChI=1S/C13H14O3/c14-12(16-13-7-4-10-15-13)9-8-11-5-2-1-3-6-11/h1-3,5-6,8-9,13H,4,7,10H2. The molecule has 1 aliphatic heterocycles. The molecule has 0 bridgehead atoms. The van der Waals surface area contributed by atoms with E-state index >= 15 is 0 Å². The summed E-state index contributed by atoms with van der Waals surface area (Å²) in [5, 5.41) is 0. The molecule has 1 saturated heterocycles. The monoisotopic (exact) mass is 218 g/mol. The molecule has 1 aliphatic rings. The van der Waals surface area contributed by atoms with E-state index in [0.29, 0.717) is 6.61 Å². The van der Waals surface area contributed by atoms with Crippen LogP contribution < -0.4 is 0 Å². The second-order valence-corrected chi connectivity index (χ2v) is 3.62. The fourth-order valence-electron chi connectivity index (χ4n) is 1.54. The Morgan fingerprint density at radius 2 is 2.19 bits per heavy atom. The first-order valence-electron chi connectivity index (χ1n) is 5.40. The molecule has 1 heterocycles. The molecule has 2 rings (SSSR count). The van der Waals surface area contributed by atoms with Gasteiger partial charge in [0.05, 0.1) is 6.61 Å². The van der Waals surface area contributed by atoms with E-state index in [1.54, 1.807) is 6.08 Å². The van der Waals surface area contributed by atoms with E-state index in [0.717, 1.165) is 18.4 Å². The highest BCUT2D eigenvalue weighted by atomic mass is 16.7. The minimum absolute atomic E-state index is 0.351. The molecule has 0 N–H and O–H groups in total. The maximum atomic E-state index is 11.4. The first-order chi connectivity index (χ1) is 7.84. The molecule has 0 aromatic heterocycles. The van der Waals surface area contributed by atoms with Crippen LogP contribution in [0.1, 0.15) is 18.4 Å². The third kappa shape index (κ3) is 3.21. The van der Waals surface area contributed by atoms with Crippen LogP contribution in [0.2, 0.25) is 0 Å². The Hall–Kier alpha value is -1.61. The van der Waals surface area contributed by atoms with Crippen LogP contribution in [0.5, 0.6) is 0 Å². The van der Waals surface area contributed by atoms with Gasteiger partial charge in [-0.05, 0) is 18.1 Å². The predicted octanol–water partition coefficient (Wildman–Crippen LogP) is 2.38. The maximum absolute atomic E-state index is 11.4. The van der Waals surface area contributed by atoms with Crippen molar-refractivity contribution in [1.29, 1.82) is 0 Å². The summed E-state index contributed by atoms with van der Waals surface area (Å²) in [7, 11) is 0. The molecule has 0 amide bonds. The van der Waals surface area contributed by atoms with E-state index in [9.17, 15) is 4.79 Å². The second kappa shape index (κ2) is 5.47. The van der Waals surface area contributed by atoms with Gasteiger partial charge in [0.1, 0.15) is 0 Å². The van der Waals surface area contributed by atoms with Gasteiger partial charge in [-0.1, -0.05) is 30.3 Å². The zero-order chi connectivity index (χ0) is 11.2. The van der Waals surface area contributed by atoms with Crippen molar-refractivity contribution in [2.75, 3.05) is 6.61 Å². The van der Waals surface area contributed by atoms with Crippen LogP contribution in [0.3, 0.4) is 0 Å². The minimum atomic E-state index is -0.354. The lowest BCUT2D eigenvalue weighted by molar-refractivity contribution is -0.163. The Bertz CT molecular complexity index is 364. The molecule has 0 aliphatic carbocycles. The highest BCUT2D eigenvalue weighted by molar-refractivity contribution is 5.87. The summed E-state index contributed by atoms with van der Waals surface area (Å²) in [6.45, 7) is 0.681. The summed E-state index contributed by atoms with van der Waals surface area (Å²) < 4.78 is 10.3. The Balaban J connectivity index is 1.84. The Morgan fingerprint density at radius 3 is 2.88 bits per heavy atom. The lowest BCUT2D eigenvalue weighted by atomic mass is 10.2. The molecule has 0 saturated carbocycles. The van der Waals surface area contributed by atoms with Crippen molar-refractivity contribution in [1.82, 2.24) is 0 Å². The van der Waals surface area contributed by atoms with E-state index in [-0.39, 0.29) is 12.3 Å². The van der Waals surface area contributed by atoms with Gasteiger partial charge in [-0.15, -0.1) is 0 Å². The molecule has 0 radical (unpaired) electrons. The summed E-state index contributed by atoms with van der Waals surface area (Å²) in [5.41, 5.74) is 0.979. The fourth-order valence-corrected chi connectivity index (χ4v) is 1.54. The van der Waals surface area contributed by atoms with Crippen LogP contribution >= 0.6 is 0 Å². The zero-order valence-electron chi connectivity index (χ0n) is 8.96. The van der Waals surface area contributed by atoms with Crippen molar-refractivity contribution in [2.24, 2.45) is 0 Å². The van der Waals surface area contributed by atoms with Gasteiger partial charge in [0.2, 0.25) is 6.29 Å². The van der Waals surface area contributed by atoms with Gasteiger partial charge in [0, 0.05) is 12.5 Å².